The quantitative estimate of drug-likeness (QED) is 0.435. The highest BCUT2D eigenvalue weighted by Crippen LogP contribution is 1.98. The molecule has 1 aromatic rings. The van der Waals surface area contributed by atoms with Crippen LogP contribution >= 0.6 is 0 Å². The van der Waals surface area contributed by atoms with E-state index < -0.39 is 8.07 Å². The van der Waals surface area contributed by atoms with Crippen LogP contribution in [0.3, 0.4) is 0 Å². The van der Waals surface area contributed by atoms with Gasteiger partial charge in [-0.2, -0.15) is 0 Å². The summed E-state index contributed by atoms with van der Waals surface area (Å²) in [5, 5.41) is 0. The lowest BCUT2D eigenvalue weighted by atomic mass is 10.3. The molecule has 1 aromatic heterocycles. The summed E-state index contributed by atoms with van der Waals surface area (Å²) in [5.41, 5.74) is 4.30. The molecule has 0 saturated carbocycles. The summed E-state index contributed by atoms with van der Waals surface area (Å²) in [5.74, 6) is 3.13. The molecular weight excluding hydrogens is 162 g/mol. The second kappa shape index (κ2) is 3.55. The van der Waals surface area contributed by atoms with E-state index in [1.54, 1.807) is 12.4 Å². The van der Waals surface area contributed by atoms with E-state index in [-0.39, 0.29) is 0 Å². The molecule has 12 heavy (non-hydrogen) atoms. The maximum Gasteiger partial charge on any atom is 0.129 e. The van der Waals surface area contributed by atoms with Crippen LogP contribution in [0.1, 0.15) is 5.56 Å². The largest absolute Gasteiger partial charge is 0.263 e. The normalized spacial score (nSPS) is 10.2. The third-order valence-electron chi connectivity index (χ3n) is 1.24. The fourth-order valence-corrected chi connectivity index (χ4v) is 1.22. The lowest BCUT2D eigenvalue weighted by Crippen LogP contribution is -2.16. The number of pyridine rings is 1. The highest BCUT2D eigenvalue weighted by atomic mass is 28.3. The number of rotatable bonds is 0. The molecule has 1 heterocycles. The first kappa shape index (κ1) is 9.02. The van der Waals surface area contributed by atoms with Crippen LogP contribution in [0, 0.1) is 11.5 Å². The molecule has 0 saturated heterocycles. The summed E-state index contributed by atoms with van der Waals surface area (Å²) in [6, 6.07) is 3.90. The molecule has 1 rings (SSSR count). The summed E-state index contributed by atoms with van der Waals surface area (Å²) in [4.78, 5) is 4.00. The molecule has 2 heteroatoms. The van der Waals surface area contributed by atoms with Gasteiger partial charge in [-0.3, -0.25) is 4.98 Å². The lowest BCUT2D eigenvalue weighted by molar-refractivity contribution is 1.31. The van der Waals surface area contributed by atoms with E-state index in [9.17, 15) is 0 Å². The van der Waals surface area contributed by atoms with Crippen LogP contribution in [-0.4, -0.2) is 13.1 Å². The molecule has 0 radical (unpaired) electrons. The average Bonchev–Trinajstić information content (AvgIpc) is 2.02. The van der Waals surface area contributed by atoms with Crippen LogP contribution in [0.15, 0.2) is 24.5 Å². The van der Waals surface area contributed by atoms with Gasteiger partial charge in [-0.05, 0) is 12.1 Å². The molecule has 0 amide bonds. The molecule has 0 aliphatic heterocycles. The SMILES string of the molecule is C[Si](C)(C)C#Cc1cccnc1. The number of aromatic nitrogens is 1. The zero-order valence-electron chi connectivity index (χ0n) is 7.76. The number of hydrogen-bond donors (Lipinski definition) is 0. The number of nitrogens with zero attached hydrogens (tertiary/aromatic N) is 1. The molecule has 0 bridgehead atoms. The Kier molecular flexibility index (Phi) is 2.67. The van der Waals surface area contributed by atoms with Gasteiger partial charge in [0.05, 0.1) is 0 Å². The van der Waals surface area contributed by atoms with E-state index in [2.05, 4.69) is 36.1 Å². The molecule has 0 aliphatic rings. The topological polar surface area (TPSA) is 12.9 Å². The molecule has 0 spiro atoms. The molecule has 0 N–H and O–H groups in total. The van der Waals surface area contributed by atoms with Crippen molar-refractivity contribution >= 4 is 8.07 Å². The van der Waals surface area contributed by atoms with E-state index in [0.717, 1.165) is 5.56 Å². The molecule has 0 fully saturated rings. The van der Waals surface area contributed by atoms with Gasteiger partial charge in [-0.15, -0.1) is 5.54 Å². The van der Waals surface area contributed by atoms with Crippen LogP contribution in [0.25, 0.3) is 0 Å². The van der Waals surface area contributed by atoms with Gasteiger partial charge in [0.25, 0.3) is 0 Å². The smallest absolute Gasteiger partial charge is 0.129 e. The van der Waals surface area contributed by atoms with E-state index in [0.29, 0.717) is 0 Å². The summed E-state index contributed by atoms with van der Waals surface area (Å²) >= 11 is 0. The van der Waals surface area contributed by atoms with E-state index >= 15 is 0 Å². The summed E-state index contributed by atoms with van der Waals surface area (Å²) in [6.07, 6.45) is 3.56. The van der Waals surface area contributed by atoms with Gasteiger partial charge in [0, 0.05) is 18.0 Å². The molecule has 0 atom stereocenters. The Labute approximate surface area is 74.9 Å². The van der Waals surface area contributed by atoms with Crippen molar-refractivity contribution in [1.29, 1.82) is 0 Å². The maximum absolute atomic E-state index is 4.00. The minimum absolute atomic E-state index is 1.01. The van der Waals surface area contributed by atoms with Crippen LogP contribution in [0.4, 0.5) is 0 Å². The fourth-order valence-electron chi connectivity index (χ4n) is 0.696. The van der Waals surface area contributed by atoms with Gasteiger partial charge in [-0.25, -0.2) is 0 Å². The van der Waals surface area contributed by atoms with Gasteiger partial charge in [0.2, 0.25) is 0 Å². The molecule has 0 aromatic carbocycles. The van der Waals surface area contributed by atoms with Crippen LogP contribution in [0.5, 0.6) is 0 Å². The first-order valence-electron chi connectivity index (χ1n) is 4.01. The van der Waals surface area contributed by atoms with E-state index in [1.165, 1.54) is 0 Å². The predicted molar refractivity (Wildman–Crippen MR) is 54.5 cm³/mol. The molecular formula is C10H13NSi. The third-order valence-corrected chi connectivity index (χ3v) is 2.12. The lowest BCUT2D eigenvalue weighted by Gasteiger charge is -2.02. The van der Waals surface area contributed by atoms with E-state index in [1.807, 2.05) is 12.1 Å². The second-order valence-electron chi connectivity index (χ2n) is 3.74. The minimum atomic E-state index is -1.23. The van der Waals surface area contributed by atoms with Crippen LogP contribution < -0.4 is 0 Å². The standard InChI is InChI=1S/C10H13NSi/c1-12(2,3)8-6-10-5-4-7-11-9-10/h4-5,7,9H,1-3H3. The predicted octanol–water partition coefficient (Wildman–Crippen LogP) is 2.31. The second-order valence-corrected chi connectivity index (χ2v) is 8.49. The van der Waals surface area contributed by atoms with Crippen molar-refractivity contribution in [3.8, 4) is 11.5 Å². The Morgan fingerprint density at radius 1 is 1.33 bits per heavy atom. The molecule has 62 valence electrons. The summed E-state index contributed by atoms with van der Waals surface area (Å²) in [6.45, 7) is 6.70. The fraction of sp³-hybridized carbons (Fsp3) is 0.300. The molecule has 1 nitrogen and oxygen atoms in total. The Hall–Kier alpha value is -1.07. The van der Waals surface area contributed by atoms with Crippen molar-refractivity contribution in [1.82, 2.24) is 4.98 Å². The van der Waals surface area contributed by atoms with Crippen LogP contribution in [-0.2, 0) is 0 Å². The van der Waals surface area contributed by atoms with Crippen molar-refractivity contribution in [2.24, 2.45) is 0 Å². The Bertz CT molecular complexity index is 300. The van der Waals surface area contributed by atoms with Gasteiger partial charge in [-0.1, -0.05) is 25.6 Å². The first-order valence-corrected chi connectivity index (χ1v) is 7.51. The van der Waals surface area contributed by atoms with Crippen LogP contribution in [0.2, 0.25) is 19.6 Å². The molecule has 0 unspecified atom stereocenters. The average molecular weight is 175 g/mol. The highest BCUT2D eigenvalue weighted by Gasteiger charge is 2.07. The molecule has 0 aliphatic carbocycles. The van der Waals surface area contributed by atoms with Crippen molar-refractivity contribution in [3.05, 3.63) is 30.1 Å². The van der Waals surface area contributed by atoms with Gasteiger partial charge < -0.3 is 0 Å². The zero-order chi connectivity index (χ0) is 9.03. The van der Waals surface area contributed by atoms with Gasteiger partial charge >= 0.3 is 0 Å². The van der Waals surface area contributed by atoms with E-state index in [4.69, 9.17) is 0 Å². The van der Waals surface area contributed by atoms with Crippen molar-refractivity contribution in [3.63, 3.8) is 0 Å². The minimum Gasteiger partial charge on any atom is -0.263 e. The highest BCUT2D eigenvalue weighted by molar-refractivity contribution is 6.83. The maximum atomic E-state index is 4.00. The number of hydrogen-bond acceptors (Lipinski definition) is 1. The summed E-state index contributed by atoms with van der Waals surface area (Å²) in [7, 11) is -1.23. The van der Waals surface area contributed by atoms with Crippen molar-refractivity contribution in [2.75, 3.05) is 0 Å². The van der Waals surface area contributed by atoms with Crippen molar-refractivity contribution < 1.29 is 0 Å². The monoisotopic (exact) mass is 175 g/mol. The Morgan fingerprint density at radius 2 is 2.08 bits per heavy atom. The van der Waals surface area contributed by atoms with Gasteiger partial charge in [0.1, 0.15) is 8.07 Å². The first-order chi connectivity index (χ1) is 5.58. The Balaban J connectivity index is 2.81. The third kappa shape index (κ3) is 3.36. The van der Waals surface area contributed by atoms with Crippen molar-refractivity contribution in [2.45, 2.75) is 19.6 Å². The Morgan fingerprint density at radius 3 is 2.58 bits per heavy atom. The van der Waals surface area contributed by atoms with Gasteiger partial charge in [0.15, 0.2) is 0 Å². The summed E-state index contributed by atoms with van der Waals surface area (Å²) < 4.78 is 0. The zero-order valence-corrected chi connectivity index (χ0v) is 8.76.